The lowest BCUT2D eigenvalue weighted by molar-refractivity contribution is 0.584. The molecule has 5 heteroatoms. The predicted molar refractivity (Wildman–Crippen MR) is 55.4 cm³/mol. The maximum Gasteiger partial charge on any atom is 0.126 e. The third kappa shape index (κ3) is 2.19. The number of nitrogens with zero attached hydrogens (tertiary/aromatic N) is 1. The Labute approximate surface area is 89.4 Å². The Kier molecular flexibility index (Phi) is 2.75. The Hall–Kier alpha value is -1.33. The van der Waals surface area contributed by atoms with Gasteiger partial charge in [0.25, 0.3) is 0 Å². The van der Waals surface area contributed by atoms with Crippen molar-refractivity contribution in [2.24, 2.45) is 5.73 Å². The number of halogens is 2. The third-order valence-electron chi connectivity index (χ3n) is 1.87. The molecule has 0 spiro atoms. The van der Waals surface area contributed by atoms with E-state index in [9.17, 15) is 8.78 Å². The second-order valence-corrected chi connectivity index (χ2v) is 3.86. The number of hydrogen-bond donors (Lipinski definition) is 1. The zero-order valence-corrected chi connectivity index (χ0v) is 8.52. The molecule has 78 valence electrons. The van der Waals surface area contributed by atoms with Gasteiger partial charge >= 0.3 is 0 Å². The highest BCUT2D eigenvalue weighted by Gasteiger charge is 2.07. The molecule has 0 fully saturated rings. The van der Waals surface area contributed by atoms with Gasteiger partial charge in [0.2, 0.25) is 0 Å². The largest absolute Gasteiger partial charge is 0.325 e. The topological polar surface area (TPSA) is 38.9 Å². The molecule has 2 rings (SSSR count). The molecule has 15 heavy (non-hydrogen) atoms. The summed E-state index contributed by atoms with van der Waals surface area (Å²) in [5, 5.41) is 2.35. The van der Waals surface area contributed by atoms with E-state index in [0.717, 1.165) is 11.8 Å². The summed E-state index contributed by atoms with van der Waals surface area (Å²) in [5.74, 6) is -1.20. The SMILES string of the molecule is NCc1csc(-c2cc(F)cc(F)c2)n1. The lowest BCUT2D eigenvalue weighted by Gasteiger charge is -1.97. The minimum absolute atomic E-state index is 0.328. The summed E-state index contributed by atoms with van der Waals surface area (Å²) in [7, 11) is 0. The monoisotopic (exact) mass is 226 g/mol. The van der Waals surface area contributed by atoms with Crippen molar-refractivity contribution in [1.82, 2.24) is 4.98 Å². The van der Waals surface area contributed by atoms with E-state index in [1.807, 2.05) is 0 Å². The Morgan fingerprint density at radius 1 is 1.20 bits per heavy atom. The Morgan fingerprint density at radius 3 is 2.40 bits per heavy atom. The third-order valence-corrected chi connectivity index (χ3v) is 2.81. The first-order valence-electron chi connectivity index (χ1n) is 4.30. The Bertz CT molecular complexity index is 462. The summed E-state index contributed by atoms with van der Waals surface area (Å²) in [4.78, 5) is 4.14. The number of hydrogen-bond acceptors (Lipinski definition) is 3. The van der Waals surface area contributed by atoms with Crippen LogP contribution in [0.1, 0.15) is 5.69 Å². The molecular formula is C10H8F2N2S. The smallest absolute Gasteiger partial charge is 0.126 e. The first-order valence-corrected chi connectivity index (χ1v) is 5.18. The summed E-state index contributed by atoms with van der Waals surface area (Å²) in [6.07, 6.45) is 0. The molecule has 0 saturated carbocycles. The van der Waals surface area contributed by atoms with Crippen LogP contribution in [0.5, 0.6) is 0 Å². The van der Waals surface area contributed by atoms with Gasteiger partial charge in [-0.15, -0.1) is 11.3 Å². The highest BCUT2D eigenvalue weighted by molar-refractivity contribution is 7.13. The first-order chi connectivity index (χ1) is 7.19. The molecule has 0 radical (unpaired) electrons. The molecule has 0 aliphatic rings. The van der Waals surface area contributed by atoms with Crippen LogP contribution in [0.15, 0.2) is 23.6 Å². The fraction of sp³-hybridized carbons (Fsp3) is 0.100. The van der Waals surface area contributed by atoms with Crippen molar-refractivity contribution in [3.8, 4) is 10.6 Å². The summed E-state index contributed by atoms with van der Waals surface area (Å²) < 4.78 is 25.8. The van der Waals surface area contributed by atoms with Crippen molar-refractivity contribution >= 4 is 11.3 Å². The number of nitrogens with two attached hydrogens (primary N) is 1. The van der Waals surface area contributed by atoms with Crippen molar-refractivity contribution in [2.45, 2.75) is 6.54 Å². The zero-order chi connectivity index (χ0) is 10.8. The van der Waals surface area contributed by atoms with E-state index in [1.165, 1.54) is 23.5 Å². The molecule has 0 aliphatic heterocycles. The summed E-state index contributed by atoms with van der Waals surface area (Å²) in [5.41, 5.74) is 6.56. The van der Waals surface area contributed by atoms with Gasteiger partial charge in [0, 0.05) is 23.6 Å². The van der Waals surface area contributed by atoms with E-state index in [4.69, 9.17) is 5.73 Å². The van der Waals surface area contributed by atoms with E-state index < -0.39 is 11.6 Å². The molecule has 0 unspecified atom stereocenters. The average Bonchev–Trinajstić information content (AvgIpc) is 2.64. The average molecular weight is 226 g/mol. The van der Waals surface area contributed by atoms with E-state index in [1.54, 1.807) is 5.38 Å². The number of thiazole rings is 1. The van der Waals surface area contributed by atoms with E-state index in [2.05, 4.69) is 4.98 Å². The zero-order valence-electron chi connectivity index (χ0n) is 7.71. The number of aromatic nitrogens is 1. The van der Waals surface area contributed by atoms with Crippen LogP contribution in [-0.4, -0.2) is 4.98 Å². The molecule has 0 atom stereocenters. The predicted octanol–water partition coefficient (Wildman–Crippen LogP) is 2.55. The van der Waals surface area contributed by atoms with Crippen LogP contribution in [0.2, 0.25) is 0 Å². The van der Waals surface area contributed by atoms with Gasteiger partial charge in [0.15, 0.2) is 0 Å². The molecule has 1 heterocycles. The quantitative estimate of drug-likeness (QED) is 0.854. The van der Waals surface area contributed by atoms with Crippen molar-refractivity contribution in [1.29, 1.82) is 0 Å². The van der Waals surface area contributed by atoms with Gasteiger partial charge < -0.3 is 5.73 Å². The molecule has 0 saturated heterocycles. The molecule has 0 amide bonds. The van der Waals surface area contributed by atoms with Crippen molar-refractivity contribution in [3.05, 3.63) is 40.9 Å². The molecule has 2 nitrogen and oxygen atoms in total. The Balaban J connectivity index is 2.44. The number of benzene rings is 1. The highest BCUT2D eigenvalue weighted by atomic mass is 32.1. The molecule has 1 aromatic carbocycles. The molecule has 0 bridgehead atoms. The van der Waals surface area contributed by atoms with Gasteiger partial charge in [-0.2, -0.15) is 0 Å². The van der Waals surface area contributed by atoms with Crippen LogP contribution < -0.4 is 5.73 Å². The van der Waals surface area contributed by atoms with Crippen LogP contribution in [0.25, 0.3) is 10.6 Å². The van der Waals surface area contributed by atoms with Gasteiger partial charge in [-0.25, -0.2) is 13.8 Å². The maximum absolute atomic E-state index is 12.9. The Morgan fingerprint density at radius 2 is 1.87 bits per heavy atom. The van der Waals surface area contributed by atoms with E-state index >= 15 is 0 Å². The normalized spacial score (nSPS) is 10.6. The molecule has 2 aromatic rings. The van der Waals surface area contributed by atoms with E-state index in [0.29, 0.717) is 17.1 Å². The van der Waals surface area contributed by atoms with Gasteiger partial charge in [0.1, 0.15) is 16.6 Å². The summed E-state index contributed by atoms with van der Waals surface area (Å²) >= 11 is 1.32. The molecule has 1 aromatic heterocycles. The lowest BCUT2D eigenvalue weighted by atomic mass is 10.2. The summed E-state index contributed by atoms with van der Waals surface area (Å²) in [6, 6.07) is 3.34. The number of rotatable bonds is 2. The maximum atomic E-state index is 12.9. The minimum Gasteiger partial charge on any atom is -0.325 e. The standard InChI is InChI=1S/C10H8F2N2S/c11-7-1-6(2-8(12)3-7)10-14-9(4-13)5-15-10/h1-3,5H,4,13H2. The lowest BCUT2D eigenvalue weighted by Crippen LogP contribution is -1.95. The molecular weight excluding hydrogens is 218 g/mol. The first kappa shape index (κ1) is 10.2. The molecule has 2 N–H and O–H groups in total. The van der Waals surface area contributed by atoms with Crippen LogP contribution in [0.4, 0.5) is 8.78 Å². The van der Waals surface area contributed by atoms with Crippen molar-refractivity contribution in [3.63, 3.8) is 0 Å². The summed E-state index contributed by atoms with van der Waals surface area (Å²) in [6.45, 7) is 0.328. The van der Waals surface area contributed by atoms with E-state index in [-0.39, 0.29) is 0 Å². The van der Waals surface area contributed by atoms with Gasteiger partial charge in [0.05, 0.1) is 5.69 Å². The van der Waals surface area contributed by atoms with Crippen molar-refractivity contribution in [2.75, 3.05) is 0 Å². The second kappa shape index (κ2) is 4.04. The van der Waals surface area contributed by atoms with Gasteiger partial charge in [-0.1, -0.05) is 0 Å². The van der Waals surface area contributed by atoms with Crippen LogP contribution in [0, 0.1) is 11.6 Å². The van der Waals surface area contributed by atoms with Crippen LogP contribution >= 0.6 is 11.3 Å². The van der Waals surface area contributed by atoms with Crippen LogP contribution in [0.3, 0.4) is 0 Å². The fourth-order valence-corrected chi connectivity index (χ4v) is 2.03. The van der Waals surface area contributed by atoms with Crippen LogP contribution in [-0.2, 0) is 6.54 Å². The second-order valence-electron chi connectivity index (χ2n) is 3.01. The van der Waals surface area contributed by atoms with Gasteiger partial charge in [-0.3, -0.25) is 0 Å². The van der Waals surface area contributed by atoms with Crippen molar-refractivity contribution < 1.29 is 8.78 Å². The minimum atomic E-state index is -0.602. The van der Waals surface area contributed by atoms with Gasteiger partial charge in [-0.05, 0) is 12.1 Å². The molecule has 0 aliphatic carbocycles. The fourth-order valence-electron chi connectivity index (χ4n) is 1.21. The highest BCUT2D eigenvalue weighted by Crippen LogP contribution is 2.25.